The monoisotopic (exact) mass is 373 g/mol. The van der Waals surface area contributed by atoms with Gasteiger partial charge in [0.1, 0.15) is 0 Å². The molecule has 7 heteroatoms. The summed E-state index contributed by atoms with van der Waals surface area (Å²) < 4.78 is 6.97. The highest BCUT2D eigenvalue weighted by atomic mass is 32.2. The largest absolute Gasteiger partial charge is 0.461 e. The molecule has 6 nitrogen and oxygen atoms in total. The van der Waals surface area contributed by atoms with Crippen LogP contribution >= 0.6 is 11.8 Å². The van der Waals surface area contributed by atoms with Crippen molar-refractivity contribution in [1.82, 2.24) is 9.55 Å². The van der Waals surface area contributed by atoms with Gasteiger partial charge in [0.2, 0.25) is 5.91 Å². The van der Waals surface area contributed by atoms with Crippen molar-refractivity contribution in [3.05, 3.63) is 53.2 Å². The van der Waals surface area contributed by atoms with Gasteiger partial charge in [0, 0.05) is 6.08 Å². The van der Waals surface area contributed by atoms with Crippen LogP contribution < -0.4 is 5.32 Å². The predicted octanol–water partition coefficient (Wildman–Crippen LogP) is 3.73. The molecule has 0 aliphatic heterocycles. The fourth-order valence-corrected chi connectivity index (χ4v) is 2.97. The molecule has 0 unspecified atom stereocenters. The number of aromatic nitrogens is 2. The second kappa shape index (κ2) is 9.24. The molecular formula is C19H23N3O3S. The van der Waals surface area contributed by atoms with Gasteiger partial charge in [-0.05, 0) is 32.6 Å². The average Bonchev–Trinajstić information content (AvgIpc) is 2.92. The minimum Gasteiger partial charge on any atom is -0.461 e. The van der Waals surface area contributed by atoms with Crippen LogP contribution in [0.5, 0.6) is 0 Å². The zero-order chi connectivity index (χ0) is 19.1. The number of carbonyl (C=O) groups is 2. The van der Waals surface area contributed by atoms with Crippen molar-refractivity contribution < 1.29 is 14.3 Å². The molecule has 0 bridgehead atoms. The van der Waals surface area contributed by atoms with Gasteiger partial charge in [0.05, 0.1) is 13.2 Å². The van der Waals surface area contributed by atoms with E-state index in [0.717, 1.165) is 11.1 Å². The minimum absolute atomic E-state index is 0.214. The molecule has 0 atom stereocenters. The number of hydrogen-bond acceptors (Lipinski definition) is 5. The van der Waals surface area contributed by atoms with Crippen LogP contribution in [0.2, 0.25) is 0 Å². The number of thioether (sulfide) groups is 1. The molecule has 0 fully saturated rings. The molecule has 2 rings (SSSR count). The zero-order valence-corrected chi connectivity index (χ0v) is 16.2. The molecule has 0 aliphatic carbocycles. The minimum atomic E-state index is -0.510. The van der Waals surface area contributed by atoms with Gasteiger partial charge >= 0.3 is 5.97 Å². The number of carbonyl (C=O) groups excluding carboxylic acids is 2. The van der Waals surface area contributed by atoms with Gasteiger partial charge in [0.25, 0.3) is 0 Å². The van der Waals surface area contributed by atoms with Crippen LogP contribution in [0.3, 0.4) is 0 Å². The Morgan fingerprint density at radius 2 is 1.96 bits per heavy atom. The fraction of sp³-hybridized carbons (Fsp3) is 0.316. The molecular weight excluding hydrogens is 350 g/mol. The summed E-state index contributed by atoms with van der Waals surface area (Å²) in [6.45, 7) is 6.09. The van der Waals surface area contributed by atoms with Crippen LogP contribution in [0.1, 0.15) is 36.8 Å². The maximum atomic E-state index is 12.6. The molecule has 0 aliphatic rings. The first kappa shape index (κ1) is 19.8. The maximum Gasteiger partial charge on any atom is 0.358 e. The Labute approximate surface area is 157 Å². The number of hydrogen-bond donors (Lipinski definition) is 1. The number of benzene rings is 1. The van der Waals surface area contributed by atoms with E-state index in [-0.39, 0.29) is 24.0 Å². The summed E-state index contributed by atoms with van der Waals surface area (Å²) in [6, 6.07) is 9.75. The third-order valence-corrected chi connectivity index (χ3v) is 4.11. The summed E-state index contributed by atoms with van der Waals surface area (Å²) in [5.74, 6) is -0.623. The van der Waals surface area contributed by atoms with Crippen LogP contribution in [0.4, 0.5) is 5.82 Å². The number of rotatable bonds is 7. The van der Waals surface area contributed by atoms with Crippen LogP contribution in [-0.4, -0.2) is 34.3 Å². The number of amides is 1. The number of ether oxygens (including phenoxy) is 1. The molecule has 2 aromatic rings. The van der Waals surface area contributed by atoms with Crippen molar-refractivity contribution in [3.8, 4) is 0 Å². The van der Waals surface area contributed by atoms with Gasteiger partial charge in [-0.3, -0.25) is 4.79 Å². The third kappa shape index (κ3) is 4.98. The van der Waals surface area contributed by atoms with E-state index in [1.54, 1.807) is 11.5 Å². The van der Waals surface area contributed by atoms with Gasteiger partial charge in [0.15, 0.2) is 16.7 Å². The van der Waals surface area contributed by atoms with Crippen molar-refractivity contribution in [2.75, 3.05) is 18.2 Å². The number of anilines is 1. The van der Waals surface area contributed by atoms with E-state index in [1.165, 1.54) is 17.8 Å². The van der Waals surface area contributed by atoms with Gasteiger partial charge < -0.3 is 14.6 Å². The third-order valence-electron chi connectivity index (χ3n) is 3.43. The Kier molecular flexibility index (Phi) is 7.03. The van der Waals surface area contributed by atoms with E-state index in [9.17, 15) is 9.59 Å². The molecule has 1 aromatic carbocycles. The molecule has 0 saturated carbocycles. The maximum absolute atomic E-state index is 12.6. The van der Waals surface area contributed by atoms with Crippen LogP contribution in [-0.2, 0) is 16.1 Å². The summed E-state index contributed by atoms with van der Waals surface area (Å²) in [5, 5.41) is 3.33. The molecule has 1 aromatic heterocycles. The lowest BCUT2D eigenvalue weighted by Crippen LogP contribution is -2.17. The van der Waals surface area contributed by atoms with Gasteiger partial charge in [-0.2, -0.15) is 0 Å². The summed E-state index contributed by atoms with van der Waals surface area (Å²) in [7, 11) is 0. The van der Waals surface area contributed by atoms with E-state index >= 15 is 0 Å². The molecule has 0 spiro atoms. The quantitative estimate of drug-likeness (QED) is 0.455. The highest BCUT2D eigenvalue weighted by Gasteiger charge is 2.25. The molecule has 26 heavy (non-hydrogen) atoms. The van der Waals surface area contributed by atoms with Crippen LogP contribution in [0, 0.1) is 0 Å². The first-order valence-corrected chi connectivity index (χ1v) is 9.50. The van der Waals surface area contributed by atoms with Gasteiger partial charge in [-0.15, -0.1) is 0 Å². The number of esters is 1. The topological polar surface area (TPSA) is 73.2 Å². The lowest BCUT2D eigenvalue weighted by Gasteiger charge is -2.11. The summed E-state index contributed by atoms with van der Waals surface area (Å²) in [5.41, 5.74) is 2.12. The molecule has 1 N–H and O–H groups in total. The number of nitrogens with one attached hydrogen (secondary N) is 1. The van der Waals surface area contributed by atoms with Crippen molar-refractivity contribution in [3.63, 3.8) is 0 Å². The Morgan fingerprint density at radius 3 is 2.54 bits per heavy atom. The molecule has 0 saturated heterocycles. The second-order valence-electron chi connectivity index (χ2n) is 5.80. The SMILES string of the molecule is CCOC(=O)c1c(NC(=O)C=C(C)C)nc(SC)n1Cc1ccccc1. The van der Waals surface area contributed by atoms with Crippen LogP contribution in [0.25, 0.3) is 0 Å². The van der Waals surface area contributed by atoms with Crippen molar-refractivity contribution in [1.29, 1.82) is 0 Å². The Morgan fingerprint density at radius 1 is 1.27 bits per heavy atom. The first-order chi connectivity index (χ1) is 12.5. The van der Waals surface area contributed by atoms with Gasteiger partial charge in [-0.25, -0.2) is 9.78 Å². The lowest BCUT2D eigenvalue weighted by molar-refractivity contribution is -0.112. The summed E-state index contributed by atoms with van der Waals surface area (Å²) >= 11 is 1.40. The van der Waals surface area contributed by atoms with E-state index in [4.69, 9.17) is 4.74 Å². The fourth-order valence-electron chi connectivity index (χ4n) is 2.41. The Balaban J connectivity index is 2.48. The molecule has 138 valence electrons. The van der Waals surface area contributed by atoms with E-state index in [2.05, 4.69) is 10.3 Å². The standard InChI is InChI=1S/C19H23N3O3S/c1-5-25-18(24)16-17(20-15(23)11-13(2)3)21-19(26-4)22(16)12-14-9-7-6-8-10-14/h6-11H,5,12H2,1-4H3,(H,20,23). The summed E-state index contributed by atoms with van der Waals surface area (Å²) in [6.07, 6.45) is 3.34. The Hall–Kier alpha value is -2.54. The Bertz CT molecular complexity index is 809. The molecule has 0 radical (unpaired) electrons. The van der Waals surface area contributed by atoms with Gasteiger partial charge in [-0.1, -0.05) is 47.7 Å². The molecule has 1 heterocycles. The zero-order valence-electron chi connectivity index (χ0n) is 15.4. The highest BCUT2D eigenvalue weighted by Crippen LogP contribution is 2.26. The van der Waals surface area contributed by atoms with Crippen molar-refractivity contribution >= 4 is 29.5 Å². The van der Waals surface area contributed by atoms with E-state index < -0.39 is 5.97 Å². The predicted molar refractivity (Wildman–Crippen MR) is 104 cm³/mol. The lowest BCUT2D eigenvalue weighted by atomic mass is 10.2. The van der Waals surface area contributed by atoms with Crippen molar-refractivity contribution in [2.24, 2.45) is 0 Å². The van der Waals surface area contributed by atoms with Crippen molar-refractivity contribution in [2.45, 2.75) is 32.5 Å². The number of nitrogens with zero attached hydrogens (tertiary/aromatic N) is 2. The van der Waals surface area contributed by atoms with E-state index in [0.29, 0.717) is 11.7 Å². The van der Waals surface area contributed by atoms with E-state index in [1.807, 2.05) is 50.4 Å². The first-order valence-electron chi connectivity index (χ1n) is 8.27. The second-order valence-corrected chi connectivity index (χ2v) is 6.57. The average molecular weight is 373 g/mol. The molecule has 1 amide bonds. The number of imidazole rings is 1. The smallest absolute Gasteiger partial charge is 0.358 e. The summed E-state index contributed by atoms with van der Waals surface area (Å²) in [4.78, 5) is 29.1. The van der Waals surface area contributed by atoms with Crippen LogP contribution in [0.15, 0.2) is 47.1 Å². The number of allylic oxidation sites excluding steroid dienone is 1. The highest BCUT2D eigenvalue weighted by molar-refractivity contribution is 7.98. The normalized spacial score (nSPS) is 10.3.